The Balaban J connectivity index is -0.000000154. The zero-order chi connectivity index (χ0) is 12.5. The predicted molar refractivity (Wildman–Crippen MR) is 71.4 cm³/mol. The van der Waals surface area contributed by atoms with Gasteiger partial charge in [-0.05, 0) is 12.1 Å². The number of phenolic OH excluding ortho intramolecular Hbond substituents is 1. The van der Waals surface area contributed by atoms with Crippen molar-refractivity contribution in [2.24, 2.45) is 0 Å². The molecule has 0 radical (unpaired) electrons. The van der Waals surface area contributed by atoms with E-state index >= 15 is 0 Å². The molecule has 0 heterocycles. The van der Waals surface area contributed by atoms with Crippen LogP contribution in [0.1, 0.15) is 54.4 Å². The molecule has 0 saturated carbocycles. The van der Waals surface area contributed by atoms with Gasteiger partial charge < -0.3 is 5.11 Å². The van der Waals surface area contributed by atoms with Gasteiger partial charge in [0.25, 0.3) is 0 Å². The van der Waals surface area contributed by atoms with E-state index < -0.39 is 0 Å². The lowest BCUT2D eigenvalue weighted by molar-refractivity contribution is 0.475. The van der Waals surface area contributed by atoms with Crippen molar-refractivity contribution < 1.29 is 5.11 Å². The van der Waals surface area contributed by atoms with Crippen LogP contribution in [0.15, 0.2) is 30.3 Å². The van der Waals surface area contributed by atoms with E-state index in [-0.39, 0.29) is 0 Å². The minimum absolute atomic E-state index is 0.322. The summed E-state index contributed by atoms with van der Waals surface area (Å²) in [6.45, 7) is 12.5. The summed E-state index contributed by atoms with van der Waals surface area (Å²) in [5, 5.41) is 8.63. The third-order valence-electron chi connectivity index (χ3n) is 0.756. The van der Waals surface area contributed by atoms with Gasteiger partial charge in [-0.15, -0.1) is 0 Å². The number of rotatable bonds is 0. The molecule has 0 aromatic heterocycles. The maximum Gasteiger partial charge on any atom is 0.115 e. The summed E-state index contributed by atoms with van der Waals surface area (Å²) in [5.74, 6) is 0.322. The van der Waals surface area contributed by atoms with E-state index in [1.165, 1.54) is 12.8 Å². The fourth-order valence-corrected chi connectivity index (χ4v) is 0.428. The Morgan fingerprint density at radius 3 is 1.20 bits per heavy atom. The zero-order valence-electron chi connectivity index (χ0n) is 11.2. The predicted octanol–water partition coefficient (Wildman–Crippen LogP) is 5.25. The van der Waals surface area contributed by atoms with Crippen LogP contribution in [-0.2, 0) is 0 Å². The van der Waals surface area contributed by atoms with Crippen LogP contribution in [-0.4, -0.2) is 5.11 Å². The van der Waals surface area contributed by atoms with Gasteiger partial charge in [0.05, 0.1) is 0 Å². The minimum atomic E-state index is 0.322. The van der Waals surface area contributed by atoms with Gasteiger partial charge in [0.1, 0.15) is 5.75 Å². The van der Waals surface area contributed by atoms with E-state index in [0.29, 0.717) is 5.75 Å². The van der Waals surface area contributed by atoms with Crippen molar-refractivity contribution in [2.75, 3.05) is 0 Å². The number of para-hydroxylation sites is 1. The Labute approximate surface area is 96.2 Å². The number of phenols is 1. The molecule has 1 nitrogen and oxygen atoms in total. The molecule has 1 rings (SSSR count). The van der Waals surface area contributed by atoms with Crippen molar-refractivity contribution in [1.82, 2.24) is 0 Å². The average molecular weight is 212 g/mol. The van der Waals surface area contributed by atoms with E-state index in [2.05, 4.69) is 27.7 Å². The smallest absolute Gasteiger partial charge is 0.115 e. The molecule has 0 unspecified atom stereocenters. The first kappa shape index (κ1) is 19.6. The number of aromatic hydroxyl groups is 1. The summed E-state index contributed by atoms with van der Waals surface area (Å²) in [4.78, 5) is 0. The van der Waals surface area contributed by atoms with Crippen molar-refractivity contribution in [1.29, 1.82) is 0 Å². The van der Waals surface area contributed by atoms with Crippen molar-refractivity contribution in [3.05, 3.63) is 30.3 Å². The molecule has 15 heavy (non-hydrogen) atoms. The highest BCUT2D eigenvalue weighted by atomic mass is 16.3. The van der Waals surface area contributed by atoms with E-state index in [0.717, 1.165) is 0 Å². The first-order valence-electron chi connectivity index (χ1n) is 5.96. The number of hydrogen-bond donors (Lipinski definition) is 1. The summed E-state index contributed by atoms with van der Waals surface area (Å²) >= 11 is 0. The lowest BCUT2D eigenvalue weighted by atomic mass is 10.3. The molecule has 1 N–H and O–H groups in total. The Morgan fingerprint density at radius 1 is 0.800 bits per heavy atom. The van der Waals surface area contributed by atoms with Gasteiger partial charge in [-0.3, -0.25) is 0 Å². The first-order chi connectivity index (χ1) is 7.22. The molecule has 1 aromatic carbocycles. The standard InChI is InChI=1S/C6H6O.2C3H8.C2H6/c7-6-4-2-1-3-5-6;2*1-3-2;1-2/h1-5,7H;2*3H2,1-2H3;1-2H3. The Bertz CT molecular complexity index is 156. The summed E-state index contributed by atoms with van der Waals surface area (Å²) < 4.78 is 0. The molecule has 0 saturated heterocycles. The third-order valence-corrected chi connectivity index (χ3v) is 0.756. The molecule has 0 aliphatic rings. The molecular formula is C14H28O. The van der Waals surface area contributed by atoms with E-state index in [1.807, 2.05) is 19.9 Å². The molecule has 0 bridgehead atoms. The Morgan fingerprint density at radius 2 is 1.07 bits per heavy atom. The molecule has 1 heteroatoms. The second-order valence-electron chi connectivity index (χ2n) is 2.75. The van der Waals surface area contributed by atoms with E-state index in [4.69, 9.17) is 5.11 Å². The van der Waals surface area contributed by atoms with Gasteiger partial charge >= 0.3 is 0 Å². The average Bonchev–Trinajstić information content (AvgIpc) is 2.24. The van der Waals surface area contributed by atoms with Crippen LogP contribution in [0.4, 0.5) is 0 Å². The topological polar surface area (TPSA) is 20.2 Å². The first-order valence-corrected chi connectivity index (χ1v) is 5.96. The minimum Gasteiger partial charge on any atom is -0.508 e. The van der Waals surface area contributed by atoms with Crippen LogP contribution >= 0.6 is 0 Å². The highest BCUT2D eigenvalue weighted by Gasteiger charge is 1.74. The largest absolute Gasteiger partial charge is 0.508 e. The Hall–Kier alpha value is -0.980. The highest BCUT2D eigenvalue weighted by molar-refractivity contribution is 5.18. The molecule has 0 spiro atoms. The van der Waals surface area contributed by atoms with E-state index in [1.54, 1.807) is 24.3 Å². The van der Waals surface area contributed by atoms with Gasteiger partial charge in [0.2, 0.25) is 0 Å². The van der Waals surface area contributed by atoms with Gasteiger partial charge in [-0.2, -0.15) is 0 Å². The third kappa shape index (κ3) is 32.1. The van der Waals surface area contributed by atoms with Crippen LogP contribution < -0.4 is 0 Å². The SMILES string of the molecule is CC.CCC.CCC.Oc1ccccc1. The fourth-order valence-electron chi connectivity index (χ4n) is 0.428. The quantitative estimate of drug-likeness (QED) is 0.622. The molecule has 0 atom stereocenters. The zero-order valence-corrected chi connectivity index (χ0v) is 11.2. The van der Waals surface area contributed by atoms with E-state index in [9.17, 15) is 0 Å². The van der Waals surface area contributed by atoms with Crippen LogP contribution in [0.3, 0.4) is 0 Å². The second-order valence-corrected chi connectivity index (χ2v) is 2.75. The van der Waals surface area contributed by atoms with Gasteiger partial charge in [0.15, 0.2) is 0 Å². The highest BCUT2D eigenvalue weighted by Crippen LogP contribution is 2.02. The van der Waals surface area contributed by atoms with Crippen molar-refractivity contribution >= 4 is 0 Å². The molecule has 90 valence electrons. The number of hydrogen-bond acceptors (Lipinski definition) is 1. The number of benzene rings is 1. The van der Waals surface area contributed by atoms with Gasteiger partial charge in [-0.1, -0.05) is 72.6 Å². The van der Waals surface area contributed by atoms with Crippen molar-refractivity contribution in [3.8, 4) is 5.75 Å². The molecule has 1 aromatic rings. The fraction of sp³-hybridized carbons (Fsp3) is 0.571. The van der Waals surface area contributed by atoms with Crippen LogP contribution in [0.2, 0.25) is 0 Å². The van der Waals surface area contributed by atoms with Crippen molar-refractivity contribution in [2.45, 2.75) is 54.4 Å². The maximum atomic E-state index is 8.63. The normalized spacial score (nSPS) is 6.80. The van der Waals surface area contributed by atoms with Crippen LogP contribution in [0.25, 0.3) is 0 Å². The van der Waals surface area contributed by atoms with Crippen molar-refractivity contribution in [3.63, 3.8) is 0 Å². The Kier molecular flexibility index (Phi) is 30.2. The molecule has 0 fully saturated rings. The second kappa shape index (κ2) is 23.1. The summed E-state index contributed by atoms with van der Waals surface area (Å²) in [7, 11) is 0. The summed E-state index contributed by atoms with van der Waals surface area (Å²) in [6.07, 6.45) is 2.50. The van der Waals surface area contributed by atoms with Crippen LogP contribution in [0, 0.1) is 0 Å². The summed E-state index contributed by atoms with van der Waals surface area (Å²) in [6, 6.07) is 8.71. The van der Waals surface area contributed by atoms with Gasteiger partial charge in [-0.25, -0.2) is 0 Å². The molecule has 0 aliphatic heterocycles. The maximum absolute atomic E-state index is 8.63. The lowest BCUT2D eigenvalue weighted by Gasteiger charge is -1.82. The molecule has 0 amide bonds. The lowest BCUT2D eigenvalue weighted by Crippen LogP contribution is -1.56. The summed E-state index contributed by atoms with van der Waals surface area (Å²) in [5.41, 5.74) is 0. The van der Waals surface area contributed by atoms with Gasteiger partial charge in [0, 0.05) is 0 Å². The molecular weight excluding hydrogens is 184 g/mol. The molecule has 0 aliphatic carbocycles. The van der Waals surface area contributed by atoms with Crippen LogP contribution in [0.5, 0.6) is 5.75 Å². The monoisotopic (exact) mass is 212 g/mol.